The maximum atomic E-state index is 12.4. The third-order valence-corrected chi connectivity index (χ3v) is 5.20. The summed E-state index contributed by atoms with van der Waals surface area (Å²) in [5, 5.41) is 2.87. The van der Waals surface area contributed by atoms with Crippen molar-refractivity contribution in [2.24, 2.45) is 0 Å². The van der Waals surface area contributed by atoms with Crippen LogP contribution < -0.4 is 24.3 Å². The summed E-state index contributed by atoms with van der Waals surface area (Å²) < 4.78 is 23.9. The van der Waals surface area contributed by atoms with Crippen molar-refractivity contribution in [2.45, 2.75) is 12.3 Å². The van der Waals surface area contributed by atoms with Gasteiger partial charge in [0, 0.05) is 18.4 Å². The molecule has 1 amide bonds. The van der Waals surface area contributed by atoms with Gasteiger partial charge in [0.1, 0.15) is 12.1 Å². The van der Waals surface area contributed by atoms with E-state index in [-0.39, 0.29) is 25.0 Å². The van der Waals surface area contributed by atoms with E-state index in [1.807, 2.05) is 41.0 Å². The van der Waals surface area contributed by atoms with Crippen molar-refractivity contribution < 1.29 is 23.7 Å². The molecule has 5 rings (SSSR count). The number of methoxy groups -OCH3 is 2. The number of ether oxygens (including phenoxy) is 4. The standard InChI is InChI=1S/C21H19N3O5/c1-26-14-5-3-4-13(8-14)24-10-22-21-19(24)15(9-18(25)23-21)12-6-16(27-2)20-17(7-12)28-11-29-20/h3-8,10,15H,9,11H2,1-2H3,(H,23,25). The third kappa shape index (κ3) is 2.84. The number of hydrogen-bond acceptors (Lipinski definition) is 6. The lowest BCUT2D eigenvalue weighted by Crippen LogP contribution is -2.25. The summed E-state index contributed by atoms with van der Waals surface area (Å²) in [6.07, 6.45) is 1.99. The molecule has 8 nitrogen and oxygen atoms in total. The van der Waals surface area contributed by atoms with E-state index < -0.39 is 0 Å². The van der Waals surface area contributed by atoms with Crippen LogP contribution in [0.15, 0.2) is 42.7 Å². The van der Waals surface area contributed by atoms with Gasteiger partial charge in [-0.05, 0) is 29.8 Å². The monoisotopic (exact) mass is 393 g/mol. The number of imidazole rings is 1. The molecule has 0 spiro atoms. The molecule has 0 fully saturated rings. The minimum absolute atomic E-state index is 0.0879. The Bertz CT molecular complexity index is 1110. The fraction of sp³-hybridized carbons (Fsp3) is 0.238. The van der Waals surface area contributed by atoms with Crippen molar-refractivity contribution in [1.82, 2.24) is 9.55 Å². The molecular formula is C21H19N3O5. The van der Waals surface area contributed by atoms with E-state index in [4.69, 9.17) is 18.9 Å². The van der Waals surface area contributed by atoms with E-state index in [1.54, 1.807) is 20.5 Å². The van der Waals surface area contributed by atoms with Crippen LogP contribution in [0.2, 0.25) is 0 Å². The zero-order valence-corrected chi connectivity index (χ0v) is 16.0. The maximum absolute atomic E-state index is 12.4. The van der Waals surface area contributed by atoms with Gasteiger partial charge in [-0.3, -0.25) is 4.79 Å². The molecule has 8 heteroatoms. The van der Waals surface area contributed by atoms with Crippen LogP contribution in [0.1, 0.15) is 23.6 Å². The van der Waals surface area contributed by atoms with Gasteiger partial charge in [-0.25, -0.2) is 4.98 Å². The van der Waals surface area contributed by atoms with Crippen LogP contribution in [0.25, 0.3) is 5.69 Å². The quantitative estimate of drug-likeness (QED) is 0.733. The van der Waals surface area contributed by atoms with Gasteiger partial charge in [0.2, 0.25) is 18.4 Å². The molecule has 29 heavy (non-hydrogen) atoms. The molecule has 1 N–H and O–H groups in total. The van der Waals surface area contributed by atoms with Crippen molar-refractivity contribution in [2.75, 3.05) is 26.3 Å². The summed E-state index contributed by atoms with van der Waals surface area (Å²) in [4.78, 5) is 16.8. The minimum Gasteiger partial charge on any atom is -0.497 e. The summed E-state index contributed by atoms with van der Waals surface area (Å²) in [6.45, 7) is 0.146. The molecule has 0 aliphatic carbocycles. The van der Waals surface area contributed by atoms with Gasteiger partial charge in [0.15, 0.2) is 17.3 Å². The SMILES string of the molecule is COc1cccc(-n2cnc3c2C(c2cc(OC)c4c(c2)OCO4)CC(=O)N3)c1. The number of benzene rings is 2. The lowest BCUT2D eigenvalue weighted by Gasteiger charge is -2.25. The predicted molar refractivity (Wildman–Crippen MR) is 104 cm³/mol. The zero-order chi connectivity index (χ0) is 20.0. The topological polar surface area (TPSA) is 83.8 Å². The number of hydrogen-bond donors (Lipinski definition) is 1. The molecule has 3 heterocycles. The number of anilines is 1. The molecule has 3 aromatic rings. The first kappa shape index (κ1) is 17.4. The lowest BCUT2D eigenvalue weighted by molar-refractivity contribution is -0.116. The summed E-state index contributed by atoms with van der Waals surface area (Å²) >= 11 is 0. The normalized spacial score (nSPS) is 16.9. The van der Waals surface area contributed by atoms with Gasteiger partial charge in [-0.2, -0.15) is 0 Å². The van der Waals surface area contributed by atoms with Gasteiger partial charge >= 0.3 is 0 Å². The molecule has 0 saturated carbocycles. The number of amides is 1. The second-order valence-electron chi connectivity index (χ2n) is 6.81. The number of fused-ring (bicyclic) bond motifs is 2. The smallest absolute Gasteiger partial charge is 0.231 e. The summed E-state index contributed by atoms with van der Waals surface area (Å²) in [5.74, 6) is 2.75. The van der Waals surface area contributed by atoms with E-state index in [0.717, 1.165) is 22.7 Å². The Labute approximate surface area is 167 Å². The Morgan fingerprint density at radius 2 is 2.07 bits per heavy atom. The Morgan fingerprint density at radius 1 is 1.17 bits per heavy atom. The highest BCUT2D eigenvalue weighted by molar-refractivity contribution is 5.94. The van der Waals surface area contributed by atoms with Crippen LogP contribution in [0.3, 0.4) is 0 Å². The molecule has 148 valence electrons. The number of carbonyl (C=O) groups excluding carboxylic acids is 1. The molecule has 0 bridgehead atoms. The van der Waals surface area contributed by atoms with Gasteiger partial charge in [-0.15, -0.1) is 0 Å². The Kier molecular flexibility index (Phi) is 4.04. The van der Waals surface area contributed by atoms with E-state index in [9.17, 15) is 4.79 Å². The molecule has 1 atom stereocenters. The van der Waals surface area contributed by atoms with Gasteiger partial charge in [0.25, 0.3) is 0 Å². The van der Waals surface area contributed by atoms with E-state index in [2.05, 4.69) is 10.3 Å². The first-order chi connectivity index (χ1) is 14.2. The highest BCUT2D eigenvalue weighted by Gasteiger charge is 2.33. The number of rotatable bonds is 4. The van der Waals surface area contributed by atoms with Crippen LogP contribution in [-0.2, 0) is 4.79 Å². The molecule has 0 radical (unpaired) electrons. The van der Waals surface area contributed by atoms with Crippen LogP contribution in [0.4, 0.5) is 5.82 Å². The average molecular weight is 393 g/mol. The van der Waals surface area contributed by atoms with E-state index >= 15 is 0 Å². The Balaban J connectivity index is 1.66. The van der Waals surface area contributed by atoms with Crippen molar-refractivity contribution in [1.29, 1.82) is 0 Å². The number of carbonyl (C=O) groups is 1. The van der Waals surface area contributed by atoms with Crippen molar-refractivity contribution in [3.63, 3.8) is 0 Å². The van der Waals surface area contributed by atoms with Gasteiger partial charge in [-0.1, -0.05) is 6.07 Å². The van der Waals surface area contributed by atoms with Crippen molar-refractivity contribution >= 4 is 11.7 Å². The molecule has 2 aromatic carbocycles. The Hall–Kier alpha value is -3.68. The predicted octanol–water partition coefficient (Wildman–Crippen LogP) is 3.09. The molecule has 2 aliphatic rings. The molecule has 1 unspecified atom stereocenters. The second kappa shape index (κ2) is 6.73. The average Bonchev–Trinajstić information content (AvgIpc) is 3.39. The first-order valence-corrected chi connectivity index (χ1v) is 9.17. The van der Waals surface area contributed by atoms with Crippen LogP contribution in [-0.4, -0.2) is 36.5 Å². The summed E-state index contributed by atoms with van der Waals surface area (Å²) in [6, 6.07) is 11.5. The number of aromatic nitrogens is 2. The number of nitrogens with zero attached hydrogens (tertiary/aromatic N) is 2. The minimum atomic E-state index is -0.226. The van der Waals surface area contributed by atoms with Gasteiger partial charge in [0.05, 0.1) is 25.6 Å². The lowest BCUT2D eigenvalue weighted by atomic mass is 9.89. The Morgan fingerprint density at radius 3 is 2.90 bits per heavy atom. The largest absolute Gasteiger partial charge is 0.497 e. The molecular weight excluding hydrogens is 374 g/mol. The van der Waals surface area contributed by atoms with Crippen molar-refractivity contribution in [3.05, 3.63) is 54.0 Å². The number of nitrogens with one attached hydrogen (secondary N) is 1. The molecule has 2 aliphatic heterocycles. The highest BCUT2D eigenvalue weighted by Crippen LogP contribution is 2.46. The van der Waals surface area contributed by atoms with Crippen molar-refractivity contribution in [3.8, 4) is 28.7 Å². The van der Waals surface area contributed by atoms with Crippen LogP contribution in [0.5, 0.6) is 23.0 Å². The third-order valence-electron chi connectivity index (χ3n) is 5.20. The fourth-order valence-corrected chi connectivity index (χ4v) is 3.85. The second-order valence-corrected chi connectivity index (χ2v) is 6.81. The summed E-state index contributed by atoms with van der Waals surface area (Å²) in [5.41, 5.74) is 2.68. The summed E-state index contributed by atoms with van der Waals surface area (Å²) in [7, 11) is 3.21. The van der Waals surface area contributed by atoms with E-state index in [1.165, 1.54) is 0 Å². The molecule has 1 aromatic heterocycles. The first-order valence-electron chi connectivity index (χ1n) is 9.17. The fourth-order valence-electron chi connectivity index (χ4n) is 3.85. The maximum Gasteiger partial charge on any atom is 0.231 e. The highest BCUT2D eigenvalue weighted by atomic mass is 16.7. The molecule has 0 saturated heterocycles. The zero-order valence-electron chi connectivity index (χ0n) is 16.0. The van der Waals surface area contributed by atoms with Crippen LogP contribution >= 0.6 is 0 Å². The van der Waals surface area contributed by atoms with Crippen LogP contribution in [0, 0.1) is 0 Å². The van der Waals surface area contributed by atoms with E-state index in [0.29, 0.717) is 23.1 Å². The van der Waals surface area contributed by atoms with Gasteiger partial charge < -0.3 is 28.8 Å².